The second-order valence-electron chi connectivity index (χ2n) is 11.6. The number of hydrogen-bond donors (Lipinski definition) is 1. The number of aliphatic hydroxyl groups is 1. The molecule has 240 valence electrons. The molecular weight excluding hydrogens is 589 g/mol. The summed E-state index contributed by atoms with van der Waals surface area (Å²) in [6, 6.07) is 27.8. The molecule has 0 radical (unpaired) electrons. The van der Waals surface area contributed by atoms with Gasteiger partial charge in [0, 0.05) is 44.3 Å². The first kappa shape index (κ1) is 33.7. The van der Waals surface area contributed by atoms with Gasteiger partial charge in [0.25, 0.3) is 0 Å². The van der Waals surface area contributed by atoms with Crippen LogP contribution in [0.25, 0.3) is 0 Å². The lowest BCUT2D eigenvalue weighted by molar-refractivity contribution is -0.946. The first-order chi connectivity index (χ1) is 21.4. The summed E-state index contributed by atoms with van der Waals surface area (Å²) in [4.78, 5) is 37.0. The topological polar surface area (TPSA) is 107 Å². The van der Waals surface area contributed by atoms with E-state index in [9.17, 15) is 27.9 Å². The van der Waals surface area contributed by atoms with E-state index in [1.807, 2.05) is 73.8 Å². The Morgan fingerprint density at radius 3 is 1.82 bits per heavy atom. The maximum Gasteiger partial charge on any atom is 0.430 e. The van der Waals surface area contributed by atoms with E-state index in [1.54, 1.807) is 29.2 Å². The van der Waals surface area contributed by atoms with Crippen LogP contribution in [0.1, 0.15) is 36.8 Å². The van der Waals surface area contributed by atoms with Gasteiger partial charge in [-0.05, 0) is 23.3 Å². The van der Waals surface area contributed by atoms with Crippen LogP contribution >= 0.6 is 0 Å². The van der Waals surface area contributed by atoms with Crippen LogP contribution in [0, 0.1) is 5.92 Å². The molecule has 1 amide bonds. The van der Waals surface area contributed by atoms with Crippen molar-refractivity contribution in [3.05, 3.63) is 102 Å². The Bertz CT molecular complexity index is 1390. The van der Waals surface area contributed by atoms with Gasteiger partial charge in [0.05, 0.1) is 19.6 Å². The number of fused-ring (bicyclic) bond motifs is 3. The summed E-state index contributed by atoms with van der Waals surface area (Å²) in [6.45, 7) is 3.71. The summed E-state index contributed by atoms with van der Waals surface area (Å²) in [5.74, 6) is -3.21. The summed E-state index contributed by atoms with van der Waals surface area (Å²) in [5.41, 5.74) is 0.0397. The van der Waals surface area contributed by atoms with Gasteiger partial charge in [-0.1, -0.05) is 78.9 Å². The lowest BCUT2D eigenvalue weighted by Gasteiger charge is -2.52. The van der Waals surface area contributed by atoms with E-state index in [4.69, 9.17) is 14.6 Å². The van der Waals surface area contributed by atoms with Crippen molar-refractivity contribution in [3.8, 4) is 0 Å². The number of quaternary nitrogens is 1. The molecule has 0 aliphatic carbocycles. The Labute approximate surface area is 260 Å². The highest BCUT2D eigenvalue weighted by atomic mass is 19.4. The number of amides is 1. The number of rotatable bonds is 9. The van der Waals surface area contributed by atoms with Crippen LogP contribution in [0.4, 0.5) is 18.9 Å². The zero-order valence-electron chi connectivity index (χ0n) is 25.0. The Morgan fingerprint density at radius 1 is 0.889 bits per heavy atom. The number of para-hydroxylation sites is 1. The Morgan fingerprint density at radius 2 is 1.36 bits per heavy atom. The molecule has 0 spiro atoms. The van der Waals surface area contributed by atoms with Gasteiger partial charge in [-0.2, -0.15) is 13.2 Å². The van der Waals surface area contributed by atoms with Crippen LogP contribution in [-0.4, -0.2) is 72.9 Å². The number of hydrogen-bond acceptors (Lipinski definition) is 6. The third kappa shape index (κ3) is 8.09. The quantitative estimate of drug-likeness (QED) is 0.286. The van der Waals surface area contributed by atoms with Gasteiger partial charge in [0.1, 0.15) is 12.5 Å². The normalized spacial score (nSPS) is 20.8. The molecule has 3 saturated heterocycles. The van der Waals surface area contributed by atoms with Gasteiger partial charge in [-0.3, -0.25) is 4.79 Å². The molecule has 3 aromatic rings. The number of carbonyl (C=O) groups excluding carboxylic acids is 3. The third-order valence-electron chi connectivity index (χ3n) is 8.75. The van der Waals surface area contributed by atoms with Crippen molar-refractivity contribution in [3.63, 3.8) is 0 Å². The largest absolute Gasteiger partial charge is 0.542 e. The van der Waals surface area contributed by atoms with Gasteiger partial charge in [0.2, 0.25) is 11.5 Å². The highest BCUT2D eigenvalue weighted by Crippen LogP contribution is 2.38. The second-order valence-corrected chi connectivity index (χ2v) is 11.6. The molecule has 1 N–H and O–H groups in total. The van der Waals surface area contributed by atoms with Gasteiger partial charge < -0.3 is 29.1 Å². The fourth-order valence-electron chi connectivity index (χ4n) is 6.18. The predicted octanol–water partition coefficient (Wildman–Crippen LogP) is 3.82. The average Bonchev–Trinajstić information content (AvgIpc) is 3.05. The van der Waals surface area contributed by atoms with Crippen LogP contribution in [0.2, 0.25) is 0 Å². The van der Waals surface area contributed by atoms with Gasteiger partial charge in [-0.15, -0.1) is 0 Å². The zero-order valence-corrected chi connectivity index (χ0v) is 25.0. The molecule has 3 heterocycles. The van der Waals surface area contributed by atoms with Crippen molar-refractivity contribution < 1.29 is 47.0 Å². The number of alkyl halides is 3. The Kier molecular flexibility index (Phi) is 10.7. The summed E-state index contributed by atoms with van der Waals surface area (Å²) in [7, 11) is 1.83. The number of aliphatic carboxylic acids is 1. The summed E-state index contributed by atoms with van der Waals surface area (Å²) >= 11 is 0. The van der Waals surface area contributed by atoms with E-state index in [1.165, 1.54) is 0 Å². The number of halogens is 3. The lowest BCUT2D eigenvalue weighted by Crippen LogP contribution is -2.65. The van der Waals surface area contributed by atoms with Crippen LogP contribution < -0.4 is 10.0 Å². The second kappa shape index (κ2) is 14.3. The van der Waals surface area contributed by atoms with Crippen molar-refractivity contribution in [1.29, 1.82) is 0 Å². The molecule has 3 aliphatic rings. The Hall–Kier alpha value is -4.22. The minimum atomic E-state index is -5.19. The van der Waals surface area contributed by atoms with E-state index < -0.39 is 23.7 Å². The number of carbonyl (C=O) groups is 3. The molecule has 3 aliphatic heterocycles. The van der Waals surface area contributed by atoms with E-state index in [0.29, 0.717) is 23.5 Å². The van der Waals surface area contributed by atoms with E-state index in [2.05, 4.69) is 0 Å². The molecule has 0 aromatic heterocycles. The van der Waals surface area contributed by atoms with Crippen LogP contribution in [0.15, 0.2) is 91.0 Å². The van der Waals surface area contributed by atoms with Gasteiger partial charge in [0.15, 0.2) is 6.10 Å². The SMILES string of the molecule is CN(C(=O)CCC[N+]12CCC(CC1)[C@@H](OC(=O)C(O)(c1ccccc1)c1ccccc1)C2)c1ccccc1.O=C([O-])C(F)(F)F. The minimum Gasteiger partial charge on any atom is -0.542 e. The molecule has 8 nitrogen and oxygen atoms in total. The first-order valence-electron chi connectivity index (χ1n) is 14.8. The monoisotopic (exact) mass is 626 g/mol. The summed E-state index contributed by atoms with van der Waals surface area (Å²) in [5, 5.41) is 20.6. The van der Waals surface area contributed by atoms with Crippen LogP contribution in [-0.2, 0) is 24.7 Å². The number of carboxylic acids is 1. The van der Waals surface area contributed by atoms with E-state index in [0.717, 1.165) is 55.6 Å². The first-order valence-corrected chi connectivity index (χ1v) is 14.8. The molecule has 3 aromatic carbocycles. The highest BCUT2D eigenvalue weighted by molar-refractivity contribution is 5.92. The van der Waals surface area contributed by atoms with Crippen LogP contribution in [0.5, 0.6) is 0 Å². The zero-order chi connectivity index (χ0) is 32.7. The fraction of sp³-hybridized carbons (Fsp3) is 0.382. The number of ether oxygens (including phenoxy) is 1. The van der Waals surface area contributed by atoms with E-state index in [-0.39, 0.29) is 12.0 Å². The standard InChI is InChI=1S/C32H37N2O4.C2HF3O2/c1-33(28-16-9-4-10-17-28)30(35)18-11-21-34-22-19-25(20-23-34)29(24-34)38-31(36)32(37,26-12-5-2-6-13-26)27-14-7-3-8-15-27;3-2(4,5)1(6)7/h2-10,12-17,25,29,37H,11,18-24H2,1H3;(H,6,7)/q+1;/p-1/t25?,29-,34?;/m0./s1. The minimum absolute atomic E-state index is 0.111. The van der Waals surface area contributed by atoms with Gasteiger partial charge >= 0.3 is 12.1 Å². The number of carboxylic acid groups (broad SMARTS) is 1. The number of piperidine rings is 3. The molecule has 0 saturated carbocycles. The molecule has 2 bridgehead atoms. The maximum absolute atomic E-state index is 13.7. The number of benzene rings is 3. The third-order valence-corrected chi connectivity index (χ3v) is 8.75. The van der Waals surface area contributed by atoms with Crippen molar-refractivity contribution in [1.82, 2.24) is 0 Å². The highest BCUT2D eigenvalue weighted by Gasteiger charge is 2.50. The maximum atomic E-state index is 13.7. The molecule has 0 unspecified atom stereocenters. The van der Waals surface area contributed by atoms with Crippen LogP contribution in [0.3, 0.4) is 0 Å². The van der Waals surface area contributed by atoms with Crippen molar-refractivity contribution in [2.24, 2.45) is 5.92 Å². The lowest BCUT2D eigenvalue weighted by atomic mass is 9.82. The molecule has 3 fully saturated rings. The van der Waals surface area contributed by atoms with Gasteiger partial charge in [-0.25, -0.2) is 4.79 Å². The number of nitrogens with zero attached hydrogens (tertiary/aromatic N) is 2. The molecule has 1 atom stereocenters. The molecule has 6 rings (SSSR count). The summed E-state index contributed by atoms with van der Waals surface area (Å²) in [6.07, 6.45) is -2.18. The fourth-order valence-corrected chi connectivity index (χ4v) is 6.18. The number of anilines is 1. The van der Waals surface area contributed by atoms with E-state index >= 15 is 0 Å². The molecular formula is C34H37F3N2O6. The van der Waals surface area contributed by atoms with Crippen molar-refractivity contribution in [2.75, 3.05) is 38.1 Å². The molecule has 45 heavy (non-hydrogen) atoms. The number of esters is 1. The average molecular weight is 627 g/mol. The van der Waals surface area contributed by atoms with Crippen molar-refractivity contribution >= 4 is 23.5 Å². The summed E-state index contributed by atoms with van der Waals surface area (Å²) < 4.78 is 38.6. The predicted molar refractivity (Wildman–Crippen MR) is 158 cm³/mol. The molecule has 11 heteroatoms. The van der Waals surface area contributed by atoms with Crippen molar-refractivity contribution in [2.45, 2.75) is 43.6 Å². The smallest absolute Gasteiger partial charge is 0.430 e. The Balaban J connectivity index is 0.000000591.